The zero-order chi connectivity index (χ0) is 27.7. The fraction of sp³-hybridized carbons (Fsp3) is 0.355. The van der Waals surface area contributed by atoms with Crippen LogP contribution in [-0.2, 0) is 24.3 Å². The van der Waals surface area contributed by atoms with Crippen molar-refractivity contribution in [3.63, 3.8) is 0 Å². The fourth-order valence-corrected chi connectivity index (χ4v) is 5.32. The quantitative estimate of drug-likeness (QED) is 0.430. The molecule has 0 bridgehead atoms. The van der Waals surface area contributed by atoms with Crippen molar-refractivity contribution in [2.24, 2.45) is 5.92 Å². The number of hydrogen-bond acceptors (Lipinski definition) is 4. The molecule has 202 valence electrons. The summed E-state index contributed by atoms with van der Waals surface area (Å²) in [5.41, 5.74) is 5.57. The minimum absolute atomic E-state index is 0.0265. The molecule has 1 aromatic heterocycles. The molecule has 1 aliphatic carbocycles. The van der Waals surface area contributed by atoms with Gasteiger partial charge in [0.2, 0.25) is 5.91 Å². The van der Waals surface area contributed by atoms with E-state index in [0.29, 0.717) is 26.1 Å². The fourth-order valence-electron chi connectivity index (χ4n) is 5.32. The molecule has 3 N–H and O–H groups in total. The lowest BCUT2D eigenvalue weighted by molar-refractivity contribution is -0.122. The number of carboxylic acids is 1. The standard InChI is InChI=1S/C31H34N4O4/c1-31(2,3)34-30(39)35-12-11-24-23(21-13-22(29(37)38)16-32-15-21)10-9-20(27(24)18-35)17-33-28(36)26-14-25(26)19-7-5-4-6-8-19/h4-10,13,15-16,25-26H,11-12,14,17-18H2,1-3H3,(H,33,36)(H,34,39)(H,37,38)/t25-,26+/m0/s1. The van der Waals surface area contributed by atoms with Gasteiger partial charge in [0.05, 0.1) is 5.56 Å². The largest absolute Gasteiger partial charge is 0.478 e. The van der Waals surface area contributed by atoms with E-state index in [4.69, 9.17) is 0 Å². The second-order valence-electron chi connectivity index (χ2n) is 11.4. The van der Waals surface area contributed by atoms with Crippen LogP contribution < -0.4 is 10.6 Å². The summed E-state index contributed by atoms with van der Waals surface area (Å²) in [5, 5.41) is 15.6. The predicted molar refractivity (Wildman–Crippen MR) is 148 cm³/mol. The van der Waals surface area contributed by atoms with Crippen LogP contribution in [0.4, 0.5) is 4.79 Å². The number of pyridine rings is 1. The first-order chi connectivity index (χ1) is 18.6. The van der Waals surface area contributed by atoms with Gasteiger partial charge in [0, 0.05) is 49.0 Å². The van der Waals surface area contributed by atoms with Crippen LogP contribution in [0.2, 0.25) is 0 Å². The molecule has 3 amide bonds. The molecule has 2 heterocycles. The molecule has 8 nitrogen and oxygen atoms in total. The monoisotopic (exact) mass is 526 g/mol. The first-order valence-corrected chi connectivity index (χ1v) is 13.3. The van der Waals surface area contributed by atoms with Crippen molar-refractivity contribution in [1.82, 2.24) is 20.5 Å². The van der Waals surface area contributed by atoms with Crippen molar-refractivity contribution in [1.29, 1.82) is 0 Å². The normalized spacial score (nSPS) is 18.2. The SMILES string of the molecule is CC(C)(C)NC(=O)N1CCc2c(-c3cncc(C(=O)O)c3)ccc(CNC(=O)[C@@H]3C[C@H]3c3ccccc3)c2C1. The molecule has 1 aliphatic heterocycles. The van der Waals surface area contributed by atoms with Crippen LogP contribution >= 0.6 is 0 Å². The maximum atomic E-state index is 13.0. The highest BCUT2D eigenvalue weighted by Gasteiger charge is 2.43. The first-order valence-electron chi connectivity index (χ1n) is 13.3. The van der Waals surface area contributed by atoms with Crippen molar-refractivity contribution >= 4 is 17.9 Å². The van der Waals surface area contributed by atoms with Gasteiger partial charge in [-0.25, -0.2) is 9.59 Å². The lowest BCUT2D eigenvalue weighted by Crippen LogP contribution is -2.50. The van der Waals surface area contributed by atoms with Crippen molar-refractivity contribution in [2.45, 2.75) is 58.2 Å². The molecular formula is C31H34N4O4. The molecule has 8 heteroatoms. The maximum Gasteiger partial charge on any atom is 0.337 e. The van der Waals surface area contributed by atoms with E-state index in [-0.39, 0.29) is 34.9 Å². The smallest absolute Gasteiger partial charge is 0.337 e. The van der Waals surface area contributed by atoms with Crippen LogP contribution in [0.5, 0.6) is 0 Å². The van der Waals surface area contributed by atoms with Crippen molar-refractivity contribution in [3.8, 4) is 11.1 Å². The lowest BCUT2D eigenvalue weighted by atomic mass is 9.87. The van der Waals surface area contributed by atoms with E-state index >= 15 is 0 Å². The number of fused-ring (bicyclic) bond motifs is 1. The number of urea groups is 1. The van der Waals surface area contributed by atoms with Crippen LogP contribution in [0.3, 0.4) is 0 Å². The van der Waals surface area contributed by atoms with Crippen molar-refractivity contribution in [3.05, 3.63) is 88.7 Å². The molecule has 0 radical (unpaired) electrons. The molecule has 0 saturated heterocycles. The molecule has 1 fully saturated rings. The predicted octanol–water partition coefficient (Wildman–Crippen LogP) is 4.73. The summed E-state index contributed by atoms with van der Waals surface area (Å²) in [4.78, 5) is 43.5. The number of aromatic nitrogens is 1. The number of carboxylic acid groups (broad SMARTS) is 1. The molecule has 5 rings (SSSR count). The van der Waals surface area contributed by atoms with Gasteiger partial charge in [-0.15, -0.1) is 0 Å². The number of nitrogens with zero attached hydrogens (tertiary/aromatic N) is 2. The number of benzene rings is 2. The number of aromatic carboxylic acids is 1. The Kier molecular flexibility index (Phi) is 7.12. The molecule has 1 saturated carbocycles. The Morgan fingerprint density at radius 3 is 2.54 bits per heavy atom. The highest BCUT2D eigenvalue weighted by atomic mass is 16.4. The Labute approximate surface area is 228 Å². The second-order valence-corrected chi connectivity index (χ2v) is 11.4. The van der Waals surface area contributed by atoms with Gasteiger partial charge in [0.1, 0.15) is 0 Å². The molecule has 2 aliphatic rings. The van der Waals surface area contributed by atoms with E-state index in [1.807, 2.05) is 51.1 Å². The zero-order valence-electron chi connectivity index (χ0n) is 22.5. The highest BCUT2D eigenvalue weighted by Crippen LogP contribution is 2.47. The van der Waals surface area contributed by atoms with Crippen LogP contribution in [0.15, 0.2) is 60.9 Å². The number of carbonyl (C=O) groups is 3. The van der Waals surface area contributed by atoms with Crippen LogP contribution in [-0.4, -0.2) is 45.0 Å². The van der Waals surface area contributed by atoms with Crippen molar-refractivity contribution in [2.75, 3.05) is 6.54 Å². The molecule has 39 heavy (non-hydrogen) atoms. The number of rotatable bonds is 6. The van der Waals surface area contributed by atoms with E-state index < -0.39 is 5.97 Å². The molecule has 2 atom stereocenters. The summed E-state index contributed by atoms with van der Waals surface area (Å²) in [7, 11) is 0. The van der Waals surface area contributed by atoms with E-state index in [1.54, 1.807) is 17.2 Å². The Morgan fingerprint density at radius 1 is 1.05 bits per heavy atom. The zero-order valence-corrected chi connectivity index (χ0v) is 22.5. The summed E-state index contributed by atoms with van der Waals surface area (Å²) in [6.45, 7) is 7.14. The van der Waals surface area contributed by atoms with Gasteiger partial charge in [-0.1, -0.05) is 42.5 Å². The number of nitrogens with one attached hydrogen (secondary N) is 2. The number of hydrogen-bond donors (Lipinski definition) is 3. The Bertz CT molecular complexity index is 1410. The van der Waals surface area contributed by atoms with Gasteiger partial charge in [-0.3, -0.25) is 9.78 Å². The third-order valence-electron chi connectivity index (χ3n) is 7.38. The molecule has 0 spiro atoms. The van der Waals surface area contributed by atoms with E-state index in [9.17, 15) is 19.5 Å². The van der Waals surface area contributed by atoms with Crippen LogP contribution in [0, 0.1) is 5.92 Å². The Hall–Kier alpha value is -4.20. The molecule has 2 aromatic carbocycles. The van der Waals surface area contributed by atoms with Gasteiger partial charge < -0.3 is 20.6 Å². The third-order valence-corrected chi connectivity index (χ3v) is 7.38. The van der Waals surface area contributed by atoms with Crippen LogP contribution in [0.25, 0.3) is 11.1 Å². The highest BCUT2D eigenvalue weighted by molar-refractivity contribution is 5.89. The summed E-state index contributed by atoms with van der Waals surface area (Å²) in [6.07, 6.45) is 4.46. The minimum atomic E-state index is -1.03. The summed E-state index contributed by atoms with van der Waals surface area (Å²) in [5.74, 6) is -0.760. The molecule has 3 aromatic rings. The Morgan fingerprint density at radius 2 is 1.82 bits per heavy atom. The second kappa shape index (κ2) is 10.5. The lowest BCUT2D eigenvalue weighted by Gasteiger charge is -2.34. The minimum Gasteiger partial charge on any atom is -0.478 e. The maximum absolute atomic E-state index is 13.0. The van der Waals surface area contributed by atoms with E-state index in [0.717, 1.165) is 34.2 Å². The topological polar surface area (TPSA) is 112 Å². The third kappa shape index (κ3) is 5.95. The number of carbonyl (C=O) groups excluding carboxylic acids is 2. The summed E-state index contributed by atoms with van der Waals surface area (Å²) >= 11 is 0. The molecular weight excluding hydrogens is 492 g/mol. The van der Waals surface area contributed by atoms with Gasteiger partial charge in [0.25, 0.3) is 0 Å². The van der Waals surface area contributed by atoms with Crippen LogP contribution in [0.1, 0.15) is 65.7 Å². The van der Waals surface area contributed by atoms with Gasteiger partial charge in [-0.2, -0.15) is 0 Å². The van der Waals surface area contributed by atoms with Crippen molar-refractivity contribution < 1.29 is 19.5 Å². The summed E-state index contributed by atoms with van der Waals surface area (Å²) in [6, 6.07) is 15.5. The molecule has 0 unspecified atom stereocenters. The Balaban J connectivity index is 1.40. The van der Waals surface area contributed by atoms with Gasteiger partial charge in [-0.05, 0) is 73.4 Å². The number of amides is 3. The first kappa shape index (κ1) is 26.4. The van der Waals surface area contributed by atoms with Gasteiger partial charge in [0.15, 0.2) is 0 Å². The average molecular weight is 527 g/mol. The van der Waals surface area contributed by atoms with E-state index in [1.165, 1.54) is 11.8 Å². The van der Waals surface area contributed by atoms with E-state index in [2.05, 4.69) is 27.8 Å². The average Bonchev–Trinajstić information content (AvgIpc) is 3.72. The van der Waals surface area contributed by atoms with Gasteiger partial charge >= 0.3 is 12.0 Å². The summed E-state index contributed by atoms with van der Waals surface area (Å²) < 4.78 is 0.